The van der Waals surface area contributed by atoms with Crippen molar-refractivity contribution in [1.82, 2.24) is 5.32 Å². The quantitative estimate of drug-likeness (QED) is 0.802. The molecule has 0 bridgehead atoms. The van der Waals surface area contributed by atoms with E-state index in [2.05, 4.69) is 72.3 Å². The van der Waals surface area contributed by atoms with Gasteiger partial charge in [0.25, 0.3) is 0 Å². The molecule has 2 aromatic rings. The van der Waals surface area contributed by atoms with Crippen LogP contribution >= 0.6 is 27.3 Å². The first-order valence-corrected chi connectivity index (χ1v) is 8.34. The highest BCUT2D eigenvalue weighted by Gasteiger charge is 2.17. The van der Waals surface area contributed by atoms with E-state index in [9.17, 15) is 0 Å². The molecule has 0 saturated heterocycles. The van der Waals surface area contributed by atoms with Gasteiger partial charge in [-0.15, -0.1) is 11.3 Å². The maximum atomic E-state index is 3.61. The zero-order chi connectivity index (χ0) is 13.8. The number of hydrogen-bond acceptors (Lipinski definition) is 2. The van der Waals surface area contributed by atoms with Crippen LogP contribution in [0.2, 0.25) is 0 Å². The summed E-state index contributed by atoms with van der Waals surface area (Å²) in [4.78, 5) is 2.86. The molecule has 1 heterocycles. The molecule has 1 nitrogen and oxygen atoms in total. The van der Waals surface area contributed by atoms with Crippen LogP contribution in [-0.4, -0.2) is 6.54 Å². The molecule has 0 aliphatic carbocycles. The fourth-order valence-corrected chi connectivity index (χ4v) is 3.79. The third-order valence-electron chi connectivity index (χ3n) is 3.27. The normalized spacial score (nSPS) is 12.6. The molecule has 102 valence electrons. The van der Waals surface area contributed by atoms with Gasteiger partial charge in [0.1, 0.15) is 0 Å². The van der Waals surface area contributed by atoms with Crippen molar-refractivity contribution in [3.63, 3.8) is 0 Å². The van der Waals surface area contributed by atoms with Gasteiger partial charge in [0.05, 0.1) is 6.04 Å². The molecule has 0 aliphatic rings. The molecule has 0 fully saturated rings. The van der Waals surface area contributed by atoms with Crippen molar-refractivity contribution in [1.29, 1.82) is 0 Å². The highest BCUT2D eigenvalue weighted by molar-refractivity contribution is 9.10. The number of halogens is 1. The minimum Gasteiger partial charge on any atom is -0.306 e. The van der Waals surface area contributed by atoms with E-state index in [0.717, 1.165) is 17.4 Å². The van der Waals surface area contributed by atoms with E-state index < -0.39 is 0 Å². The van der Waals surface area contributed by atoms with Gasteiger partial charge in [-0.05, 0) is 55.3 Å². The van der Waals surface area contributed by atoms with Crippen molar-refractivity contribution in [2.45, 2.75) is 33.2 Å². The smallest absolute Gasteiger partial charge is 0.0673 e. The van der Waals surface area contributed by atoms with Crippen molar-refractivity contribution in [2.24, 2.45) is 0 Å². The molecule has 0 spiro atoms. The summed E-state index contributed by atoms with van der Waals surface area (Å²) in [6.07, 6.45) is 1.11. The van der Waals surface area contributed by atoms with Crippen molar-refractivity contribution in [3.8, 4) is 0 Å². The van der Waals surface area contributed by atoms with Gasteiger partial charge in [0.15, 0.2) is 0 Å². The van der Waals surface area contributed by atoms with E-state index in [0.29, 0.717) is 6.04 Å². The summed E-state index contributed by atoms with van der Waals surface area (Å²) >= 11 is 5.45. The van der Waals surface area contributed by atoms with Crippen LogP contribution in [0.4, 0.5) is 0 Å². The maximum Gasteiger partial charge on any atom is 0.0673 e. The van der Waals surface area contributed by atoms with Gasteiger partial charge in [-0.25, -0.2) is 0 Å². The van der Waals surface area contributed by atoms with Crippen molar-refractivity contribution >= 4 is 27.3 Å². The average molecular weight is 338 g/mol. The molecule has 0 aliphatic heterocycles. The Morgan fingerprint density at radius 1 is 1.21 bits per heavy atom. The Labute approximate surface area is 128 Å². The highest BCUT2D eigenvalue weighted by Crippen LogP contribution is 2.31. The highest BCUT2D eigenvalue weighted by atomic mass is 79.9. The number of aryl methyl sites for hydroxylation is 2. The van der Waals surface area contributed by atoms with Gasteiger partial charge in [-0.3, -0.25) is 0 Å². The van der Waals surface area contributed by atoms with Crippen molar-refractivity contribution < 1.29 is 0 Å². The minimum absolute atomic E-state index is 0.309. The van der Waals surface area contributed by atoms with Crippen LogP contribution in [0.3, 0.4) is 0 Å². The fraction of sp³-hybridized carbons (Fsp3) is 0.375. The number of nitrogens with one attached hydrogen (secondary N) is 1. The SMILES string of the molecule is CCNC(c1ccc(CC)s1)c1ccc(Br)cc1C. The Morgan fingerprint density at radius 2 is 2.00 bits per heavy atom. The van der Waals surface area contributed by atoms with Gasteiger partial charge in [-0.2, -0.15) is 0 Å². The maximum absolute atomic E-state index is 3.61. The Morgan fingerprint density at radius 3 is 2.58 bits per heavy atom. The van der Waals surface area contributed by atoms with E-state index in [1.54, 1.807) is 0 Å². The molecule has 1 N–H and O–H groups in total. The van der Waals surface area contributed by atoms with Gasteiger partial charge in [-0.1, -0.05) is 35.8 Å². The van der Waals surface area contributed by atoms with Crippen molar-refractivity contribution in [3.05, 3.63) is 55.7 Å². The van der Waals surface area contributed by atoms with Crippen LogP contribution in [0, 0.1) is 6.92 Å². The minimum atomic E-state index is 0.309. The van der Waals surface area contributed by atoms with Crippen molar-refractivity contribution in [2.75, 3.05) is 6.54 Å². The van der Waals surface area contributed by atoms with Gasteiger partial charge in [0.2, 0.25) is 0 Å². The standard InChI is InChI=1S/C16H20BrNS/c1-4-13-7-9-15(19-13)16(18-5-2)14-8-6-12(17)10-11(14)3/h6-10,16,18H,4-5H2,1-3H3. The lowest BCUT2D eigenvalue weighted by atomic mass is 10.00. The molecular weight excluding hydrogens is 318 g/mol. The third kappa shape index (κ3) is 3.47. The second-order valence-corrected chi connectivity index (χ2v) is 6.76. The largest absolute Gasteiger partial charge is 0.306 e. The first kappa shape index (κ1) is 14.8. The summed E-state index contributed by atoms with van der Waals surface area (Å²) in [5, 5.41) is 3.61. The third-order valence-corrected chi connectivity index (χ3v) is 5.05. The van der Waals surface area contributed by atoms with E-state index in [1.165, 1.54) is 20.9 Å². The molecule has 19 heavy (non-hydrogen) atoms. The lowest BCUT2D eigenvalue weighted by Crippen LogP contribution is -2.21. The van der Waals surface area contributed by atoms with Crippen LogP contribution in [-0.2, 0) is 6.42 Å². The fourth-order valence-electron chi connectivity index (χ4n) is 2.27. The molecule has 0 amide bonds. The first-order valence-electron chi connectivity index (χ1n) is 6.73. The Bertz CT molecular complexity index is 547. The topological polar surface area (TPSA) is 12.0 Å². The monoisotopic (exact) mass is 337 g/mol. The summed E-state index contributed by atoms with van der Waals surface area (Å²) in [6.45, 7) is 7.52. The predicted molar refractivity (Wildman–Crippen MR) is 88.1 cm³/mol. The van der Waals surface area contributed by atoms with Crippen LogP contribution in [0.25, 0.3) is 0 Å². The van der Waals surface area contributed by atoms with Crippen LogP contribution in [0.5, 0.6) is 0 Å². The van der Waals surface area contributed by atoms with Gasteiger partial charge in [0, 0.05) is 14.2 Å². The Kier molecular flexibility index (Phi) is 5.20. The zero-order valence-electron chi connectivity index (χ0n) is 11.7. The molecule has 1 atom stereocenters. The van der Waals surface area contributed by atoms with E-state index >= 15 is 0 Å². The summed E-state index contributed by atoms with van der Waals surface area (Å²) in [7, 11) is 0. The predicted octanol–water partition coefficient (Wildman–Crippen LogP) is 5.08. The van der Waals surface area contributed by atoms with Gasteiger partial charge >= 0.3 is 0 Å². The van der Waals surface area contributed by atoms with Crippen LogP contribution < -0.4 is 5.32 Å². The van der Waals surface area contributed by atoms with E-state index in [4.69, 9.17) is 0 Å². The molecule has 2 rings (SSSR count). The molecule has 1 aromatic heterocycles. The molecule has 0 radical (unpaired) electrons. The number of benzene rings is 1. The van der Waals surface area contributed by atoms with Crippen LogP contribution in [0.1, 0.15) is 40.8 Å². The molecule has 1 aromatic carbocycles. The lowest BCUT2D eigenvalue weighted by Gasteiger charge is -2.19. The van der Waals surface area contributed by atoms with Gasteiger partial charge < -0.3 is 5.32 Å². The summed E-state index contributed by atoms with van der Waals surface area (Å²) in [5.74, 6) is 0. The molecule has 3 heteroatoms. The molecule has 1 unspecified atom stereocenters. The second-order valence-electron chi connectivity index (χ2n) is 4.65. The number of rotatable bonds is 5. The van der Waals surface area contributed by atoms with E-state index in [-0.39, 0.29) is 0 Å². The number of thiophene rings is 1. The summed E-state index contributed by atoms with van der Waals surface area (Å²) in [5.41, 5.74) is 2.70. The molecule has 0 saturated carbocycles. The Hall–Kier alpha value is -0.640. The summed E-state index contributed by atoms with van der Waals surface area (Å²) < 4.78 is 1.14. The number of hydrogen-bond donors (Lipinski definition) is 1. The second kappa shape index (κ2) is 6.69. The Balaban J connectivity index is 2.38. The molecular formula is C16H20BrNS. The van der Waals surface area contributed by atoms with E-state index in [1.807, 2.05) is 11.3 Å². The lowest BCUT2D eigenvalue weighted by molar-refractivity contribution is 0.636. The summed E-state index contributed by atoms with van der Waals surface area (Å²) in [6, 6.07) is 11.4. The van der Waals surface area contributed by atoms with Crippen LogP contribution in [0.15, 0.2) is 34.8 Å². The first-order chi connectivity index (χ1) is 9.15. The average Bonchev–Trinajstić information content (AvgIpc) is 2.85. The zero-order valence-corrected chi connectivity index (χ0v) is 14.1.